The Morgan fingerprint density at radius 1 is 1.20 bits per heavy atom. The molecule has 0 bridgehead atoms. The average Bonchev–Trinajstić information content (AvgIpc) is 2.88. The van der Waals surface area contributed by atoms with Gasteiger partial charge in [0.2, 0.25) is 0 Å². The van der Waals surface area contributed by atoms with Crippen LogP contribution in [-0.4, -0.2) is 17.3 Å². The quantitative estimate of drug-likeness (QED) is 0.891. The number of hydrogen-bond acceptors (Lipinski definition) is 3. The molecule has 0 amide bonds. The van der Waals surface area contributed by atoms with Crippen LogP contribution >= 0.6 is 11.3 Å². The molecule has 106 valence electrons. The summed E-state index contributed by atoms with van der Waals surface area (Å²) in [5, 5.41) is 12.7. The normalized spacial score (nSPS) is 12.9. The molecule has 1 aromatic heterocycles. The fourth-order valence-electron chi connectivity index (χ4n) is 1.65. The highest BCUT2D eigenvalue weighted by molar-refractivity contribution is 7.10. The molecule has 1 unspecified atom stereocenters. The summed E-state index contributed by atoms with van der Waals surface area (Å²) in [7, 11) is 0. The summed E-state index contributed by atoms with van der Waals surface area (Å²) in [4.78, 5) is 10.8. The van der Waals surface area contributed by atoms with Gasteiger partial charge < -0.3 is 10.4 Å². The SMILES string of the molecule is O=C(O)c1ccc(NC(c2cccs2)C(F)(F)F)cc1. The lowest BCUT2D eigenvalue weighted by atomic mass is 10.1. The lowest BCUT2D eigenvalue weighted by Crippen LogP contribution is -2.27. The van der Waals surface area contributed by atoms with Crippen LogP contribution < -0.4 is 5.32 Å². The second-order valence-electron chi connectivity index (χ2n) is 4.02. The van der Waals surface area contributed by atoms with Gasteiger partial charge in [-0.05, 0) is 35.7 Å². The molecule has 1 atom stereocenters. The highest BCUT2D eigenvalue weighted by atomic mass is 32.1. The number of benzene rings is 1. The minimum Gasteiger partial charge on any atom is -0.478 e. The third kappa shape index (κ3) is 3.30. The first kappa shape index (κ1) is 14.4. The molecule has 0 aliphatic heterocycles. The Kier molecular flexibility index (Phi) is 3.99. The summed E-state index contributed by atoms with van der Waals surface area (Å²) in [5.41, 5.74) is 0.237. The van der Waals surface area contributed by atoms with E-state index < -0.39 is 18.2 Å². The molecule has 1 heterocycles. The number of anilines is 1. The summed E-state index contributed by atoms with van der Waals surface area (Å²) in [6.07, 6.45) is -4.43. The van der Waals surface area contributed by atoms with E-state index in [4.69, 9.17) is 5.11 Å². The van der Waals surface area contributed by atoms with Crippen LogP contribution in [0.3, 0.4) is 0 Å². The number of hydrogen-bond donors (Lipinski definition) is 2. The number of carboxylic acid groups (broad SMARTS) is 1. The highest BCUT2D eigenvalue weighted by Crippen LogP contribution is 2.37. The van der Waals surface area contributed by atoms with Crippen molar-refractivity contribution in [2.75, 3.05) is 5.32 Å². The predicted octanol–water partition coefficient (Wildman–Crippen LogP) is 4.16. The van der Waals surface area contributed by atoms with Crippen LogP contribution in [0.5, 0.6) is 0 Å². The monoisotopic (exact) mass is 301 g/mol. The Labute approximate surface area is 116 Å². The van der Waals surface area contributed by atoms with E-state index in [1.54, 1.807) is 11.4 Å². The zero-order chi connectivity index (χ0) is 14.8. The van der Waals surface area contributed by atoms with Crippen molar-refractivity contribution in [2.45, 2.75) is 12.2 Å². The van der Waals surface area contributed by atoms with Gasteiger partial charge in [-0.2, -0.15) is 13.2 Å². The number of carboxylic acids is 1. The molecule has 0 aliphatic rings. The van der Waals surface area contributed by atoms with Gasteiger partial charge in [-0.3, -0.25) is 0 Å². The zero-order valence-corrected chi connectivity index (χ0v) is 10.8. The van der Waals surface area contributed by atoms with E-state index in [0.717, 1.165) is 11.3 Å². The van der Waals surface area contributed by atoms with E-state index in [1.807, 2.05) is 0 Å². The molecular weight excluding hydrogens is 291 g/mol. The molecule has 0 aliphatic carbocycles. The number of alkyl halides is 3. The first-order valence-electron chi connectivity index (χ1n) is 5.58. The van der Waals surface area contributed by atoms with Crippen LogP contribution in [0.1, 0.15) is 21.3 Å². The maximum atomic E-state index is 13.0. The van der Waals surface area contributed by atoms with Gasteiger partial charge in [0.05, 0.1) is 5.56 Å². The lowest BCUT2D eigenvalue weighted by molar-refractivity contribution is -0.143. The number of halogens is 3. The van der Waals surface area contributed by atoms with Crippen molar-refractivity contribution in [3.63, 3.8) is 0 Å². The van der Waals surface area contributed by atoms with Gasteiger partial charge in [-0.1, -0.05) is 6.07 Å². The van der Waals surface area contributed by atoms with Crippen molar-refractivity contribution >= 4 is 23.0 Å². The van der Waals surface area contributed by atoms with Crippen LogP contribution in [0.15, 0.2) is 41.8 Å². The fourth-order valence-corrected chi connectivity index (χ4v) is 2.45. The number of nitrogens with one attached hydrogen (secondary N) is 1. The smallest absolute Gasteiger partial charge is 0.413 e. The summed E-state index contributed by atoms with van der Waals surface area (Å²) in [5.74, 6) is -1.12. The first-order chi connectivity index (χ1) is 9.38. The van der Waals surface area contributed by atoms with Gasteiger partial charge in [-0.25, -0.2) is 4.79 Å². The molecular formula is C13H10F3NO2S. The average molecular weight is 301 g/mol. The standard InChI is InChI=1S/C13H10F3NO2S/c14-13(15,16)11(10-2-1-7-20-10)17-9-5-3-8(4-6-9)12(18)19/h1-7,11,17H,(H,18,19). The maximum absolute atomic E-state index is 13.0. The zero-order valence-electron chi connectivity index (χ0n) is 10.0. The van der Waals surface area contributed by atoms with E-state index in [2.05, 4.69) is 5.32 Å². The summed E-state index contributed by atoms with van der Waals surface area (Å²) < 4.78 is 39.1. The van der Waals surface area contributed by atoms with E-state index in [9.17, 15) is 18.0 Å². The topological polar surface area (TPSA) is 49.3 Å². The summed E-state index contributed by atoms with van der Waals surface area (Å²) >= 11 is 1.01. The van der Waals surface area contributed by atoms with Gasteiger partial charge >= 0.3 is 12.1 Å². The van der Waals surface area contributed by atoms with Crippen molar-refractivity contribution in [1.82, 2.24) is 0 Å². The Morgan fingerprint density at radius 2 is 1.85 bits per heavy atom. The summed E-state index contributed by atoms with van der Waals surface area (Å²) in [6.45, 7) is 0. The molecule has 0 saturated carbocycles. The molecule has 2 N–H and O–H groups in total. The third-order valence-corrected chi connectivity index (χ3v) is 3.54. The number of aromatic carboxylic acids is 1. The minimum absolute atomic E-state index is 0.0234. The van der Waals surface area contributed by atoms with Crippen LogP contribution in [0, 0.1) is 0 Å². The van der Waals surface area contributed by atoms with Gasteiger partial charge in [0.1, 0.15) is 0 Å². The van der Waals surface area contributed by atoms with E-state index in [1.165, 1.54) is 30.3 Å². The molecule has 3 nitrogen and oxygen atoms in total. The highest BCUT2D eigenvalue weighted by Gasteiger charge is 2.41. The van der Waals surface area contributed by atoms with E-state index in [0.29, 0.717) is 0 Å². The van der Waals surface area contributed by atoms with E-state index >= 15 is 0 Å². The van der Waals surface area contributed by atoms with Crippen molar-refractivity contribution in [1.29, 1.82) is 0 Å². The maximum Gasteiger partial charge on any atom is 0.413 e. The molecule has 1 aromatic carbocycles. The van der Waals surface area contributed by atoms with Crippen molar-refractivity contribution < 1.29 is 23.1 Å². The Bertz CT molecular complexity index is 579. The molecule has 20 heavy (non-hydrogen) atoms. The second-order valence-corrected chi connectivity index (χ2v) is 5.00. The van der Waals surface area contributed by atoms with Crippen LogP contribution in [-0.2, 0) is 0 Å². The van der Waals surface area contributed by atoms with Crippen molar-refractivity contribution in [3.8, 4) is 0 Å². The fraction of sp³-hybridized carbons (Fsp3) is 0.154. The number of rotatable bonds is 4. The molecule has 0 spiro atoms. The number of carbonyl (C=O) groups is 1. The molecule has 2 rings (SSSR count). The molecule has 0 saturated heterocycles. The Hall–Kier alpha value is -2.02. The predicted molar refractivity (Wildman–Crippen MR) is 70.1 cm³/mol. The summed E-state index contributed by atoms with van der Waals surface area (Å²) in [6, 6.07) is 6.29. The lowest BCUT2D eigenvalue weighted by Gasteiger charge is -2.21. The molecule has 2 aromatic rings. The minimum atomic E-state index is -4.43. The van der Waals surface area contributed by atoms with Crippen LogP contribution in [0.25, 0.3) is 0 Å². The molecule has 7 heteroatoms. The largest absolute Gasteiger partial charge is 0.478 e. The molecule has 0 fully saturated rings. The second kappa shape index (κ2) is 5.54. The number of thiophene rings is 1. The van der Waals surface area contributed by atoms with E-state index in [-0.39, 0.29) is 16.1 Å². The van der Waals surface area contributed by atoms with Crippen molar-refractivity contribution in [2.24, 2.45) is 0 Å². The van der Waals surface area contributed by atoms with Gasteiger partial charge in [-0.15, -0.1) is 11.3 Å². The first-order valence-corrected chi connectivity index (χ1v) is 6.46. The van der Waals surface area contributed by atoms with Crippen LogP contribution in [0.2, 0.25) is 0 Å². The van der Waals surface area contributed by atoms with Gasteiger partial charge in [0.15, 0.2) is 6.04 Å². The Balaban J connectivity index is 2.22. The molecule has 0 radical (unpaired) electrons. The van der Waals surface area contributed by atoms with Crippen molar-refractivity contribution in [3.05, 3.63) is 52.2 Å². The van der Waals surface area contributed by atoms with Gasteiger partial charge in [0, 0.05) is 10.6 Å². The van der Waals surface area contributed by atoms with Gasteiger partial charge in [0.25, 0.3) is 0 Å². The Morgan fingerprint density at radius 3 is 2.30 bits per heavy atom. The van der Waals surface area contributed by atoms with Crippen LogP contribution in [0.4, 0.5) is 18.9 Å². The third-order valence-electron chi connectivity index (χ3n) is 2.60.